The van der Waals surface area contributed by atoms with Gasteiger partial charge in [0.15, 0.2) is 4.90 Å². The van der Waals surface area contributed by atoms with Gasteiger partial charge in [-0.05, 0) is 23.3 Å². The van der Waals surface area contributed by atoms with E-state index >= 15 is 0 Å². The van der Waals surface area contributed by atoms with E-state index < -0.39 is 11.2 Å². The van der Waals surface area contributed by atoms with Gasteiger partial charge in [0.2, 0.25) is 0 Å². The quantitative estimate of drug-likeness (QED) is 0.532. The van der Waals surface area contributed by atoms with Gasteiger partial charge >= 0.3 is 0 Å². The third-order valence-corrected chi connectivity index (χ3v) is 3.48. The molecule has 4 heteroatoms. The van der Waals surface area contributed by atoms with E-state index in [-0.39, 0.29) is 6.04 Å². The average Bonchev–Trinajstić information content (AvgIpc) is 2.18. The lowest BCUT2D eigenvalue weighted by Crippen LogP contribution is -2.35. The number of rotatable bonds is 1. The van der Waals surface area contributed by atoms with Crippen LogP contribution in [0.25, 0.3) is 0 Å². The molecule has 0 aliphatic carbocycles. The van der Waals surface area contributed by atoms with Crippen molar-refractivity contribution in [1.82, 2.24) is 0 Å². The first-order valence-corrected chi connectivity index (χ1v) is 5.32. The van der Waals surface area contributed by atoms with Gasteiger partial charge in [-0.15, -0.1) is 0 Å². The lowest BCUT2D eigenvalue weighted by atomic mass is 10.2. The molecule has 68 valence electrons. The minimum absolute atomic E-state index is 0.310. The monoisotopic (exact) mass is 195 g/mol. The molecule has 3 nitrogen and oxygen atoms in total. The second kappa shape index (κ2) is 3.40. The maximum atomic E-state index is 11.6. The second-order valence-corrected chi connectivity index (χ2v) is 4.36. The lowest BCUT2D eigenvalue weighted by Gasteiger charge is -2.24. The third-order valence-electron chi connectivity index (χ3n) is 1.97. The molecule has 2 atom stereocenters. The Morgan fingerprint density at radius 3 is 3.08 bits per heavy atom. The van der Waals surface area contributed by atoms with Crippen LogP contribution < -0.4 is 5.32 Å². The summed E-state index contributed by atoms with van der Waals surface area (Å²) in [5.41, 5.74) is 0.809. The van der Waals surface area contributed by atoms with Crippen LogP contribution in [0.15, 0.2) is 29.2 Å². The minimum Gasteiger partial charge on any atom is -0.611 e. The first-order chi connectivity index (χ1) is 6.31. The van der Waals surface area contributed by atoms with Crippen molar-refractivity contribution in [3.05, 3.63) is 24.3 Å². The van der Waals surface area contributed by atoms with E-state index in [1.807, 2.05) is 24.3 Å². The van der Waals surface area contributed by atoms with E-state index in [1.165, 1.54) is 0 Å². The van der Waals surface area contributed by atoms with Gasteiger partial charge in [0.05, 0.1) is 5.69 Å². The number of nitrogens with one attached hydrogen (secondary N) is 1. The molecule has 0 saturated heterocycles. The van der Waals surface area contributed by atoms with E-state index in [4.69, 9.17) is 0 Å². The maximum absolute atomic E-state index is 11.6. The smallest absolute Gasteiger partial charge is 0.175 e. The Morgan fingerprint density at radius 1 is 1.54 bits per heavy atom. The molecule has 1 aliphatic heterocycles. The van der Waals surface area contributed by atoms with E-state index in [1.54, 1.807) is 0 Å². The molecule has 0 aromatic heterocycles. The fourth-order valence-electron chi connectivity index (χ4n) is 1.35. The van der Waals surface area contributed by atoms with Crippen LogP contribution in [0.3, 0.4) is 0 Å². The van der Waals surface area contributed by atoms with Crippen molar-refractivity contribution >= 4 is 23.1 Å². The van der Waals surface area contributed by atoms with Gasteiger partial charge < -0.3 is 14.7 Å². The van der Waals surface area contributed by atoms with Crippen molar-refractivity contribution in [2.24, 2.45) is 0 Å². The zero-order valence-corrected chi connectivity index (χ0v) is 7.71. The van der Waals surface area contributed by atoms with Crippen LogP contribution in [0.2, 0.25) is 0 Å². The molecular weight excluding hydrogens is 186 g/mol. The fourth-order valence-corrected chi connectivity index (χ4v) is 2.62. The van der Waals surface area contributed by atoms with Crippen molar-refractivity contribution in [3.8, 4) is 0 Å². The molecule has 0 bridgehead atoms. The highest BCUT2D eigenvalue weighted by Gasteiger charge is 2.27. The van der Waals surface area contributed by atoms with Crippen molar-refractivity contribution in [1.29, 1.82) is 0 Å². The molecule has 13 heavy (non-hydrogen) atoms. The number of hydrogen-bond acceptors (Lipinski definition) is 3. The van der Waals surface area contributed by atoms with E-state index in [0.29, 0.717) is 5.75 Å². The van der Waals surface area contributed by atoms with Crippen molar-refractivity contribution in [2.45, 2.75) is 10.9 Å². The second-order valence-electron chi connectivity index (χ2n) is 2.90. The Bertz CT molecular complexity index is 329. The van der Waals surface area contributed by atoms with E-state index in [2.05, 4.69) is 5.32 Å². The molecule has 0 spiro atoms. The molecule has 0 radical (unpaired) electrons. The number of anilines is 1. The van der Waals surface area contributed by atoms with Gasteiger partial charge in [0.25, 0.3) is 0 Å². The van der Waals surface area contributed by atoms with Gasteiger partial charge in [-0.25, -0.2) is 0 Å². The largest absolute Gasteiger partial charge is 0.611 e. The molecule has 1 heterocycles. The summed E-state index contributed by atoms with van der Waals surface area (Å²) >= 11 is -1.04. The number of para-hydroxylation sites is 1. The summed E-state index contributed by atoms with van der Waals surface area (Å²) in [7, 11) is 0. The predicted octanol–water partition coefficient (Wildman–Crippen LogP) is 0.787. The highest BCUT2D eigenvalue weighted by Crippen LogP contribution is 2.27. The Labute approximate surface area is 79.3 Å². The molecule has 2 unspecified atom stereocenters. The normalized spacial score (nSPS) is 25.9. The Kier molecular flexibility index (Phi) is 2.24. The van der Waals surface area contributed by atoms with Crippen LogP contribution in [-0.4, -0.2) is 22.6 Å². The molecular formula is C9H9NO2S. The predicted molar refractivity (Wildman–Crippen MR) is 51.2 cm³/mol. The highest BCUT2D eigenvalue weighted by atomic mass is 32.2. The van der Waals surface area contributed by atoms with Gasteiger partial charge in [0.1, 0.15) is 18.1 Å². The molecule has 1 N–H and O–H groups in total. The van der Waals surface area contributed by atoms with Crippen LogP contribution in [-0.2, 0) is 16.0 Å². The SMILES string of the molecule is O=CC1C[S+]([O-])c2ccccc2N1. The first-order valence-electron chi connectivity index (χ1n) is 4.00. The summed E-state index contributed by atoms with van der Waals surface area (Å²) in [4.78, 5) is 11.3. The molecule has 0 fully saturated rings. The van der Waals surface area contributed by atoms with Crippen LogP contribution in [0.5, 0.6) is 0 Å². The van der Waals surface area contributed by atoms with Gasteiger partial charge in [-0.3, -0.25) is 0 Å². The van der Waals surface area contributed by atoms with Crippen molar-refractivity contribution in [3.63, 3.8) is 0 Å². The maximum Gasteiger partial charge on any atom is 0.175 e. The highest BCUT2D eigenvalue weighted by molar-refractivity contribution is 7.91. The van der Waals surface area contributed by atoms with Crippen LogP contribution in [0.4, 0.5) is 5.69 Å². The number of carbonyl (C=O) groups is 1. The average molecular weight is 195 g/mol. The molecule has 0 amide bonds. The fraction of sp³-hybridized carbons (Fsp3) is 0.222. The Morgan fingerprint density at radius 2 is 2.31 bits per heavy atom. The summed E-state index contributed by atoms with van der Waals surface area (Å²) < 4.78 is 11.6. The zero-order valence-electron chi connectivity index (χ0n) is 6.90. The van der Waals surface area contributed by atoms with Gasteiger partial charge in [0, 0.05) is 0 Å². The van der Waals surface area contributed by atoms with Gasteiger partial charge in [-0.2, -0.15) is 0 Å². The number of fused-ring (bicyclic) bond motifs is 1. The van der Waals surface area contributed by atoms with E-state index in [9.17, 15) is 9.35 Å². The number of carbonyl (C=O) groups excluding carboxylic acids is 1. The lowest BCUT2D eigenvalue weighted by molar-refractivity contribution is -0.108. The zero-order chi connectivity index (χ0) is 9.26. The molecule has 1 aromatic rings. The standard InChI is InChI=1S/C9H9NO2S/c11-5-7-6-13(12)9-4-2-1-3-8(9)10-7/h1-5,7,10H,6H2. The Hall–Kier alpha value is -1.00. The van der Waals surface area contributed by atoms with Crippen molar-refractivity contribution in [2.75, 3.05) is 11.1 Å². The summed E-state index contributed by atoms with van der Waals surface area (Å²) in [6.07, 6.45) is 0.799. The van der Waals surface area contributed by atoms with Crippen LogP contribution >= 0.6 is 0 Å². The molecule has 1 aromatic carbocycles. The Balaban J connectivity index is 2.36. The van der Waals surface area contributed by atoms with E-state index in [0.717, 1.165) is 16.9 Å². The van der Waals surface area contributed by atoms with Gasteiger partial charge in [-0.1, -0.05) is 12.1 Å². The van der Waals surface area contributed by atoms with Crippen molar-refractivity contribution < 1.29 is 9.35 Å². The summed E-state index contributed by atoms with van der Waals surface area (Å²) in [5.74, 6) is 0.376. The number of aldehydes is 1. The first kappa shape index (κ1) is 8.59. The third kappa shape index (κ3) is 1.55. The molecule has 1 aliphatic rings. The summed E-state index contributed by atoms with van der Waals surface area (Å²) in [6.45, 7) is 0. The topological polar surface area (TPSA) is 52.2 Å². The molecule has 0 saturated carbocycles. The minimum atomic E-state index is -1.04. The summed E-state index contributed by atoms with van der Waals surface area (Å²) in [6, 6.07) is 7.05. The van der Waals surface area contributed by atoms with Crippen LogP contribution in [0.1, 0.15) is 0 Å². The number of benzene rings is 1. The molecule has 2 rings (SSSR count). The number of hydrogen-bond donors (Lipinski definition) is 1. The van der Waals surface area contributed by atoms with Crippen LogP contribution in [0, 0.1) is 0 Å². The summed E-state index contributed by atoms with van der Waals surface area (Å²) in [5, 5.41) is 3.02.